The van der Waals surface area contributed by atoms with Crippen molar-refractivity contribution >= 4 is 39.0 Å². The summed E-state index contributed by atoms with van der Waals surface area (Å²) in [5, 5.41) is 4.78. The van der Waals surface area contributed by atoms with Crippen LogP contribution in [0.3, 0.4) is 0 Å². The molecule has 3 aromatic carbocycles. The number of benzene rings is 3. The van der Waals surface area contributed by atoms with Gasteiger partial charge in [0.15, 0.2) is 11.6 Å². The Morgan fingerprint density at radius 1 is 1.09 bits per heavy atom. The number of pyridine rings is 1. The Morgan fingerprint density at radius 3 is 2.66 bits per heavy atom. The van der Waals surface area contributed by atoms with Gasteiger partial charge in [-0.1, -0.05) is 15.9 Å². The topological polar surface area (TPSA) is 72.8 Å². The van der Waals surface area contributed by atoms with Gasteiger partial charge in [-0.15, -0.1) is 0 Å². The van der Waals surface area contributed by atoms with E-state index >= 15 is 0 Å². The third-order valence-corrected chi connectivity index (χ3v) is 5.60. The molecule has 0 spiro atoms. The molecule has 1 heterocycles. The number of halogens is 3. The summed E-state index contributed by atoms with van der Waals surface area (Å²) in [5.41, 5.74) is 5.69. The number of aromatic nitrogens is 1. The molecule has 6 nitrogen and oxygen atoms in total. The molecule has 0 saturated heterocycles. The number of fused-ring (bicyclic) bond motifs is 1. The number of carbonyl (C=O) groups excluding carboxylic acids is 1. The van der Waals surface area contributed by atoms with E-state index in [-0.39, 0.29) is 18.3 Å². The highest BCUT2D eigenvalue weighted by molar-refractivity contribution is 9.10. The van der Waals surface area contributed by atoms with E-state index in [2.05, 4.69) is 31.4 Å². The molecular formula is C26H20BrF2N3O3. The Morgan fingerprint density at radius 2 is 1.89 bits per heavy atom. The van der Waals surface area contributed by atoms with Gasteiger partial charge < -0.3 is 9.47 Å². The Hall–Kier alpha value is -3.85. The van der Waals surface area contributed by atoms with Gasteiger partial charge in [-0.25, -0.2) is 14.2 Å². The smallest absolute Gasteiger partial charge is 0.272 e. The summed E-state index contributed by atoms with van der Waals surface area (Å²) in [4.78, 5) is 17.3. The normalized spacial score (nSPS) is 11.1. The van der Waals surface area contributed by atoms with Crippen molar-refractivity contribution in [3.63, 3.8) is 0 Å². The second-order valence-corrected chi connectivity index (χ2v) is 8.52. The molecule has 0 unspecified atom stereocenters. The van der Waals surface area contributed by atoms with Crippen molar-refractivity contribution in [3.05, 3.63) is 99.2 Å². The fourth-order valence-electron chi connectivity index (χ4n) is 3.48. The SMILES string of the molecule is COc1ccc(C=NNC(=O)c2cc(C)nc3ccc(Br)cc23)cc1COc1ccc(F)cc1F. The van der Waals surface area contributed by atoms with Crippen LogP contribution < -0.4 is 14.9 Å². The number of hydrazone groups is 1. The number of nitrogens with zero attached hydrogens (tertiary/aromatic N) is 2. The fraction of sp³-hybridized carbons (Fsp3) is 0.115. The van der Waals surface area contributed by atoms with Crippen LogP contribution in [0.25, 0.3) is 10.9 Å². The summed E-state index contributed by atoms with van der Waals surface area (Å²) in [6, 6.07) is 15.5. The standard InChI is InChI=1S/C26H20BrF2N3O3/c1-15-9-21(20-11-18(27)4-6-23(20)31-15)26(33)32-30-13-16-3-7-24(34-2)17(10-16)14-35-25-8-5-19(28)12-22(25)29/h3-13H,14H2,1-2H3,(H,32,33). The molecule has 1 N–H and O–H groups in total. The van der Waals surface area contributed by atoms with Crippen LogP contribution in [-0.4, -0.2) is 24.2 Å². The summed E-state index contributed by atoms with van der Waals surface area (Å²) < 4.78 is 38.7. The summed E-state index contributed by atoms with van der Waals surface area (Å²) in [6.07, 6.45) is 1.48. The quantitative estimate of drug-likeness (QED) is 0.233. The predicted octanol–water partition coefficient (Wildman–Crippen LogP) is 5.94. The zero-order valence-electron chi connectivity index (χ0n) is 18.8. The van der Waals surface area contributed by atoms with Gasteiger partial charge in [0.25, 0.3) is 5.91 Å². The fourth-order valence-corrected chi connectivity index (χ4v) is 3.84. The molecule has 0 atom stereocenters. The van der Waals surface area contributed by atoms with E-state index in [0.29, 0.717) is 39.0 Å². The number of aryl methyl sites for hydroxylation is 1. The first-order chi connectivity index (χ1) is 16.8. The van der Waals surface area contributed by atoms with Crippen LogP contribution in [0.15, 0.2) is 70.2 Å². The maximum atomic E-state index is 13.9. The predicted molar refractivity (Wildman–Crippen MR) is 133 cm³/mol. The first-order valence-electron chi connectivity index (χ1n) is 10.5. The van der Waals surface area contributed by atoms with Gasteiger partial charge in [0.1, 0.15) is 18.2 Å². The van der Waals surface area contributed by atoms with E-state index in [1.807, 2.05) is 25.1 Å². The number of nitrogens with one attached hydrogen (secondary N) is 1. The van der Waals surface area contributed by atoms with Crippen molar-refractivity contribution in [2.75, 3.05) is 7.11 Å². The van der Waals surface area contributed by atoms with Gasteiger partial charge in [0, 0.05) is 27.2 Å². The maximum absolute atomic E-state index is 13.9. The first kappa shape index (κ1) is 24.3. The highest BCUT2D eigenvalue weighted by Gasteiger charge is 2.12. The van der Waals surface area contributed by atoms with Crippen molar-refractivity contribution in [1.29, 1.82) is 0 Å². The maximum Gasteiger partial charge on any atom is 0.272 e. The molecule has 0 aliphatic rings. The van der Waals surface area contributed by atoms with Crippen molar-refractivity contribution in [1.82, 2.24) is 10.4 Å². The van der Waals surface area contributed by atoms with Crippen LogP contribution in [0.4, 0.5) is 8.78 Å². The minimum absolute atomic E-state index is 0.0169. The first-order valence-corrected chi connectivity index (χ1v) is 11.3. The van der Waals surface area contributed by atoms with Gasteiger partial charge in [-0.2, -0.15) is 5.10 Å². The number of amides is 1. The molecule has 0 saturated carbocycles. The molecule has 0 radical (unpaired) electrons. The zero-order valence-corrected chi connectivity index (χ0v) is 20.4. The van der Waals surface area contributed by atoms with E-state index in [4.69, 9.17) is 9.47 Å². The van der Waals surface area contributed by atoms with E-state index in [1.165, 1.54) is 19.4 Å². The van der Waals surface area contributed by atoms with Crippen molar-refractivity contribution in [3.8, 4) is 11.5 Å². The Labute approximate surface area is 208 Å². The third kappa shape index (κ3) is 5.81. The lowest BCUT2D eigenvalue weighted by molar-refractivity contribution is 0.0956. The highest BCUT2D eigenvalue weighted by atomic mass is 79.9. The molecule has 1 amide bonds. The molecule has 1 aromatic heterocycles. The van der Waals surface area contributed by atoms with E-state index in [9.17, 15) is 13.6 Å². The Kier molecular flexibility index (Phi) is 7.36. The molecule has 0 fully saturated rings. The van der Waals surface area contributed by atoms with Crippen molar-refractivity contribution in [2.24, 2.45) is 5.10 Å². The lowest BCUT2D eigenvalue weighted by Crippen LogP contribution is -2.18. The molecule has 178 valence electrons. The highest BCUT2D eigenvalue weighted by Crippen LogP contribution is 2.25. The average molecular weight is 540 g/mol. The number of carbonyl (C=O) groups is 1. The summed E-state index contributed by atoms with van der Waals surface area (Å²) in [6.45, 7) is 1.80. The largest absolute Gasteiger partial charge is 0.496 e. The number of hydrogen-bond acceptors (Lipinski definition) is 5. The van der Waals surface area contributed by atoms with Gasteiger partial charge in [-0.05, 0) is 67.1 Å². The number of methoxy groups -OCH3 is 1. The van der Waals surface area contributed by atoms with Gasteiger partial charge >= 0.3 is 0 Å². The van der Waals surface area contributed by atoms with Crippen LogP contribution in [-0.2, 0) is 6.61 Å². The summed E-state index contributed by atoms with van der Waals surface area (Å²) in [7, 11) is 1.50. The second kappa shape index (κ2) is 10.6. The summed E-state index contributed by atoms with van der Waals surface area (Å²) >= 11 is 3.42. The van der Waals surface area contributed by atoms with Crippen LogP contribution in [0.1, 0.15) is 27.2 Å². The second-order valence-electron chi connectivity index (χ2n) is 7.61. The molecule has 9 heteroatoms. The van der Waals surface area contributed by atoms with E-state index in [0.717, 1.165) is 16.6 Å². The number of rotatable bonds is 7. The van der Waals surface area contributed by atoms with Crippen LogP contribution in [0, 0.1) is 18.6 Å². The van der Waals surface area contributed by atoms with Crippen molar-refractivity contribution < 1.29 is 23.0 Å². The van der Waals surface area contributed by atoms with Gasteiger partial charge in [0.2, 0.25) is 0 Å². The number of ether oxygens (including phenoxy) is 2. The molecule has 35 heavy (non-hydrogen) atoms. The molecule has 4 rings (SSSR count). The Bertz CT molecular complexity index is 1440. The molecule has 0 bridgehead atoms. The Balaban J connectivity index is 1.50. The monoisotopic (exact) mass is 539 g/mol. The van der Waals surface area contributed by atoms with Crippen LogP contribution >= 0.6 is 15.9 Å². The third-order valence-electron chi connectivity index (χ3n) is 5.10. The molecule has 0 aliphatic carbocycles. The van der Waals surface area contributed by atoms with Gasteiger partial charge in [-0.3, -0.25) is 9.78 Å². The molecular weight excluding hydrogens is 520 g/mol. The van der Waals surface area contributed by atoms with Crippen molar-refractivity contribution in [2.45, 2.75) is 13.5 Å². The van der Waals surface area contributed by atoms with Gasteiger partial charge in [0.05, 0.1) is 24.4 Å². The number of hydrogen-bond donors (Lipinski definition) is 1. The summed E-state index contributed by atoms with van der Waals surface area (Å²) in [5.74, 6) is -1.41. The molecule has 0 aliphatic heterocycles. The molecule has 4 aromatic rings. The lowest BCUT2D eigenvalue weighted by Gasteiger charge is -2.12. The van der Waals surface area contributed by atoms with E-state index in [1.54, 1.807) is 24.3 Å². The van der Waals surface area contributed by atoms with Crippen LogP contribution in [0.5, 0.6) is 11.5 Å². The van der Waals surface area contributed by atoms with E-state index < -0.39 is 11.6 Å². The lowest BCUT2D eigenvalue weighted by atomic mass is 10.1. The minimum atomic E-state index is -0.796. The van der Waals surface area contributed by atoms with Crippen LogP contribution in [0.2, 0.25) is 0 Å². The average Bonchev–Trinajstić information content (AvgIpc) is 2.83. The minimum Gasteiger partial charge on any atom is -0.496 e. The zero-order chi connectivity index (χ0) is 24.9.